The number of hydrogen-bond donors (Lipinski definition) is 0. The zero-order valence-electron chi connectivity index (χ0n) is 15.3. The molecule has 0 saturated carbocycles. The molecule has 2 rings (SSSR count). The molecule has 0 saturated heterocycles. The number of benzene rings is 2. The molecule has 2 heteroatoms. The van der Waals surface area contributed by atoms with Crippen molar-refractivity contribution in [1.29, 1.82) is 0 Å². The van der Waals surface area contributed by atoms with E-state index in [1.807, 2.05) is 0 Å². The summed E-state index contributed by atoms with van der Waals surface area (Å²) in [6.45, 7) is 0. The predicted octanol–water partition coefficient (Wildman–Crippen LogP) is 5.39. The number of rotatable bonds is 8. The van der Waals surface area contributed by atoms with E-state index >= 15 is 0 Å². The van der Waals surface area contributed by atoms with Crippen molar-refractivity contribution in [1.82, 2.24) is 0 Å². The van der Waals surface area contributed by atoms with E-state index in [1.54, 1.807) is 8.79 Å². The Hall–Kier alpha value is -0.474. The molecule has 124 valence electrons. The molecule has 0 fully saturated rings. The summed E-state index contributed by atoms with van der Waals surface area (Å²) < 4.78 is 3.32. The van der Waals surface area contributed by atoms with Gasteiger partial charge in [-0.3, -0.25) is 0 Å². The van der Waals surface area contributed by atoms with Gasteiger partial charge in [0.05, 0.1) is 0 Å². The fraction of sp³-hybridized carbons (Fsp3) is 0.429. The summed E-state index contributed by atoms with van der Waals surface area (Å²) in [7, 11) is 0. The standard InChI is InChI=1S/C21H32Ge2/c1-22(2,20-14-8-5-9-15-20)18-12-7-13-19-23(3,4)21-16-10-6-11-17-21/h5-6,8-11,14-17H,7,12-13,18-19H2,1-4H3. The molecule has 2 aromatic carbocycles. The van der Waals surface area contributed by atoms with Crippen molar-refractivity contribution in [2.24, 2.45) is 0 Å². The summed E-state index contributed by atoms with van der Waals surface area (Å²) in [5.41, 5.74) is 0. The first-order chi connectivity index (χ1) is 10.9. The van der Waals surface area contributed by atoms with Crippen molar-refractivity contribution >= 4 is 35.3 Å². The van der Waals surface area contributed by atoms with Gasteiger partial charge in [0.2, 0.25) is 0 Å². The summed E-state index contributed by atoms with van der Waals surface area (Å²) in [6.07, 6.45) is 4.27. The SMILES string of the molecule is [CH3][Ge]([CH3])([CH2]CCC[CH2][Ge]([CH3])([CH3])[c]1ccccc1)[c]1ccccc1. The van der Waals surface area contributed by atoms with E-state index < -0.39 is 26.5 Å². The van der Waals surface area contributed by atoms with E-state index in [9.17, 15) is 0 Å². The average Bonchev–Trinajstić information content (AvgIpc) is 2.56. The molecule has 0 unspecified atom stereocenters. The minimum atomic E-state index is -1.76. The Bertz CT molecular complexity index is 520. The van der Waals surface area contributed by atoms with Gasteiger partial charge in [0.25, 0.3) is 0 Å². The second kappa shape index (κ2) is 8.57. The van der Waals surface area contributed by atoms with Gasteiger partial charge in [-0.15, -0.1) is 0 Å². The first kappa shape index (κ1) is 18.9. The van der Waals surface area contributed by atoms with Gasteiger partial charge in [0.15, 0.2) is 0 Å². The summed E-state index contributed by atoms with van der Waals surface area (Å²) in [4.78, 5) is 0. The minimum absolute atomic E-state index is 1.42. The van der Waals surface area contributed by atoms with Crippen LogP contribution in [0, 0.1) is 0 Å². The maximum atomic E-state index is 2.57. The van der Waals surface area contributed by atoms with Crippen LogP contribution in [0.3, 0.4) is 0 Å². The maximum absolute atomic E-state index is 2.57. The van der Waals surface area contributed by atoms with Crippen molar-refractivity contribution in [3.8, 4) is 0 Å². The molecule has 2 aromatic rings. The molecule has 0 aliphatic rings. The third kappa shape index (κ3) is 5.83. The van der Waals surface area contributed by atoms with Gasteiger partial charge in [-0.1, -0.05) is 0 Å². The van der Waals surface area contributed by atoms with Crippen molar-refractivity contribution < 1.29 is 0 Å². The van der Waals surface area contributed by atoms with E-state index in [-0.39, 0.29) is 0 Å². The summed E-state index contributed by atoms with van der Waals surface area (Å²) in [5.74, 6) is 10.3. The van der Waals surface area contributed by atoms with E-state index in [2.05, 4.69) is 83.7 Å². The molecule has 0 aromatic heterocycles. The fourth-order valence-electron chi connectivity index (χ4n) is 3.38. The Morgan fingerprint density at radius 2 is 0.870 bits per heavy atom. The van der Waals surface area contributed by atoms with Crippen LogP contribution in [0.1, 0.15) is 19.3 Å². The van der Waals surface area contributed by atoms with E-state index in [0.717, 1.165) is 0 Å². The van der Waals surface area contributed by atoms with Crippen LogP contribution in [-0.4, -0.2) is 26.5 Å². The first-order valence-electron chi connectivity index (χ1n) is 9.03. The second-order valence-electron chi connectivity index (χ2n) is 8.06. The molecule has 23 heavy (non-hydrogen) atoms. The molecular weight excluding hydrogens is 397 g/mol. The quantitative estimate of drug-likeness (QED) is 0.390. The van der Waals surface area contributed by atoms with Gasteiger partial charge in [-0.05, 0) is 0 Å². The monoisotopic (exact) mass is 432 g/mol. The Morgan fingerprint density at radius 1 is 0.522 bits per heavy atom. The fourth-order valence-corrected chi connectivity index (χ4v) is 13.9. The summed E-state index contributed by atoms with van der Waals surface area (Å²) >= 11 is -3.52. The molecule has 0 aliphatic carbocycles. The van der Waals surface area contributed by atoms with Crippen molar-refractivity contribution in [2.75, 3.05) is 0 Å². The summed E-state index contributed by atoms with van der Waals surface area (Å²) in [5, 5.41) is 2.95. The average molecular weight is 430 g/mol. The normalized spacial score (nSPS) is 12.3. The Kier molecular flexibility index (Phi) is 7.03. The molecule has 0 atom stereocenters. The van der Waals surface area contributed by atoms with Crippen LogP contribution < -0.4 is 8.79 Å². The Balaban J connectivity index is 1.76. The van der Waals surface area contributed by atoms with Crippen LogP contribution in [0.4, 0.5) is 0 Å². The van der Waals surface area contributed by atoms with Crippen molar-refractivity contribution in [3.63, 3.8) is 0 Å². The molecule has 0 N–H and O–H groups in total. The topological polar surface area (TPSA) is 0 Å². The zero-order chi connectivity index (χ0) is 16.8. The Labute approximate surface area is 148 Å². The number of hydrogen-bond acceptors (Lipinski definition) is 0. The van der Waals surface area contributed by atoms with Gasteiger partial charge >= 0.3 is 149 Å². The van der Waals surface area contributed by atoms with Crippen LogP contribution in [0.5, 0.6) is 0 Å². The van der Waals surface area contributed by atoms with E-state index in [1.165, 1.54) is 29.8 Å². The van der Waals surface area contributed by atoms with Crippen LogP contribution >= 0.6 is 0 Å². The van der Waals surface area contributed by atoms with Gasteiger partial charge in [0, 0.05) is 0 Å². The molecule has 0 amide bonds. The van der Waals surface area contributed by atoms with Gasteiger partial charge in [0.1, 0.15) is 0 Å². The van der Waals surface area contributed by atoms with Crippen LogP contribution in [0.2, 0.25) is 33.5 Å². The Morgan fingerprint density at radius 3 is 1.22 bits per heavy atom. The van der Waals surface area contributed by atoms with Crippen molar-refractivity contribution in [2.45, 2.75) is 52.8 Å². The van der Waals surface area contributed by atoms with E-state index in [0.29, 0.717) is 0 Å². The number of unbranched alkanes of at least 4 members (excludes halogenated alkanes) is 2. The third-order valence-corrected chi connectivity index (χ3v) is 19.9. The van der Waals surface area contributed by atoms with Crippen molar-refractivity contribution in [3.05, 3.63) is 60.7 Å². The van der Waals surface area contributed by atoms with Gasteiger partial charge in [-0.25, -0.2) is 0 Å². The molecule has 0 nitrogen and oxygen atoms in total. The molecule has 0 bridgehead atoms. The van der Waals surface area contributed by atoms with Crippen LogP contribution in [0.25, 0.3) is 0 Å². The van der Waals surface area contributed by atoms with Crippen LogP contribution in [-0.2, 0) is 0 Å². The van der Waals surface area contributed by atoms with Gasteiger partial charge in [-0.2, -0.15) is 0 Å². The van der Waals surface area contributed by atoms with Crippen LogP contribution in [0.15, 0.2) is 60.7 Å². The summed E-state index contributed by atoms with van der Waals surface area (Å²) in [6, 6.07) is 22.5. The molecule has 0 aliphatic heterocycles. The predicted molar refractivity (Wildman–Crippen MR) is 111 cm³/mol. The molecule has 0 spiro atoms. The van der Waals surface area contributed by atoms with Gasteiger partial charge < -0.3 is 0 Å². The molecule has 0 heterocycles. The first-order valence-corrected chi connectivity index (χ1v) is 22.5. The molecular formula is C21H32Ge2. The third-order valence-electron chi connectivity index (χ3n) is 5.21. The molecule has 0 radical (unpaired) electrons. The second-order valence-corrected chi connectivity index (χ2v) is 28.4. The van der Waals surface area contributed by atoms with E-state index in [4.69, 9.17) is 0 Å². The zero-order valence-corrected chi connectivity index (χ0v) is 19.5.